The van der Waals surface area contributed by atoms with Gasteiger partial charge in [-0.1, -0.05) is 25.7 Å². The minimum atomic E-state index is -0.506. The molecular weight excluding hydrogens is 282 g/mol. The van der Waals surface area contributed by atoms with Gasteiger partial charge in [-0.3, -0.25) is 9.59 Å². The van der Waals surface area contributed by atoms with Gasteiger partial charge in [-0.15, -0.1) is 11.8 Å². The van der Waals surface area contributed by atoms with Gasteiger partial charge in [-0.05, 0) is 14.1 Å². The summed E-state index contributed by atoms with van der Waals surface area (Å²) in [7, 11) is 3.71. The SMILES string of the molecule is CCC#CCC(=O)OCC(CN(C)C)OC(=O)CC#CCC. The van der Waals surface area contributed by atoms with Crippen LogP contribution >= 0.6 is 0 Å². The van der Waals surface area contributed by atoms with E-state index in [2.05, 4.69) is 23.7 Å². The molecule has 0 saturated carbocycles. The van der Waals surface area contributed by atoms with Crippen molar-refractivity contribution in [2.45, 2.75) is 45.6 Å². The summed E-state index contributed by atoms with van der Waals surface area (Å²) in [4.78, 5) is 25.0. The van der Waals surface area contributed by atoms with Crippen molar-refractivity contribution in [3.8, 4) is 23.7 Å². The Morgan fingerprint density at radius 3 is 2.00 bits per heavy atom. The fraction of sp³-hybridized carbons (Fsp3) is 0.647. The van der Waals surface area contributed by atoms with Gasteiger partial charge in [0.1, 0.15) is 25.6 Å². The van der Waals surface area contributed by atoms with Crippen LogP contribution in [-0.2, 0) is 19.1 Å². The molecule has 0 spiro atoms. The van der Waals surface area contributed by atoms with E-state index in [9.17, 15) is 9.59 Å². The first-order valence-electron chi connectivity index (χ1n) is 7.40. The second-order valence-corrected chi connectivity index (χ2v) is 4.82. The molecule has 1 unspecified atom stereocenters. The van der Waals surface area contributed by atoms with E-state index in [-0.39, 0.29) is 19.4 Å². The molecule has 0 heterocycles. The molecule has 0 aliphatic rings. The van der Waals surface area contributed by atoms with Gasteiger partial charge < -0.3 is 14.4 Å². The zero-order valence-electron chi connectivity index (χ0n) is 13.9. The van der Waals surface area contributed by atoms with Gasteiger partial charge in [-0.2, -0.15) is 0 Å². The zero-order valence-corrected chi connectivity index (χ0v) is 13.9. The standard InChI is InChI=1S/C17H25NO4/c1-5-7-9-11-16(19)21-14-15(13-18(3)4)22-17(20)12-10-8-6-2/h15H,5-6,11-14H2,1-4H3. The summed E-state index contributed by atoms with van der Waals surface area (Å²) in [6.45, 7) is 4.32. The molecule has 5 nitrogen and oxygen atoms in total. The topological polar surface area (TPSA) is 55.8 Å². The minimum Gasteiger partial charge on any atom is -0.461 e. The molecule has 0 N–H and O–H groups in total. The number of carbonyl (C=O) groups excluding carboxylic acids is 2. The summed E-state index contributed by atoms with van der Waals surface area (Å²) in [5.41, 5.74) is 0. The van der Waals surface area contributed by atoms with E-state index in [1.807, 2.05) is 32.8 Å². The molecule has 0 amide bonds. The fourth-order valence-electron chi connectivity index (χ4n) is 1.52. The molecule has 0 bridgehead atoms. The Labute approximate surface area is 133 Å². The van der Waals surface area contributed by atoms with Crippen molar-refractivity contribution in [1.29, 1.82) is 0 Å². The molecule has 0 fully saturated rings. The lowest BCUT2D eigenvalue weighted by atomic mass is 10.3. The molecule has 0 aromatic rings. The third-order valence-electron chi connectivity index (χ3n) is 2.37. The first kappa shape index (κ1) is 20.0. The van der Waals surface area contributed by atoms with Crippen molar-refractivity contribution in [1.82, 2.24) is 4.90 Å². The van der Waals surface area contributed by atoms with E-state index in [1.165, 1.54) is 0 Å². The number of hydrogen-bond donors (Lipinski definition) is 0. The molecule has 5 heteroatoms. The molecule has 0 aromatic heterocycles. The van der Waals surface area contributed by atoms with Gasteiger partial charge in [0.15, 0.2) is 0 Å². The van der Waals surface area contributed by atoms with Gasteiger partial charge in [-0.25, -0.2) is 0 Å². The zero-order chi connectivity index (χ0) is 16.8. The third kappa shape index (κ3) is 11.8. The summed E-state index contributed by atoms with van der Waals surface area (Å²) in [6.07, 6.45) is 0.998. The summed E-state index contributed by atoms with van der Waals surface area (Å²) in [5.74, 6) is 10.2. The number of esters is 2. The van der Waals surface area contributed by atoms with E-state index in [0.29, 0.717) is 19.4 Å². The van der Waals surface area contributed by atoms with Gasteiger partial charge in [0.2, 0.25) is 0 Å². The van der Waals surface area contributed by atoms with Crippen molar-refractivity contribution in [3.63, 3.8) is 0 Å². The van der Waals surface area contributed by atoms with Crippen molar-refractivity contribution in [2.24, 2.45) is 0 Å². The lowest BCUT2D eigenvalue weighted by molar-refractivity contribution is -0.158. The largest absolute Gasteiger partial charge is 0.461 e. The van der Waals surface area contributed by atoms with Crippen LogP contribution in [0.25, 0.3) is 0 Å². The second-order valence-electron chi connectivity index (χ2n) is 4.82. The Balaban J connectivity index is 4.33. The summed E-state index contributed by atoms with van der Waals surface area (Å²) in [6, 6.07) is 0. The first-order valence-corrected chi connectivity index (χ1v) is 7.40. The van der Waals surface area contributed by atoms with Crippen LogP contribution in [-0.4, -0.2) is 50.2 Å². The smallest absolute Gasteiger partial charge is 0.318 e. The van der Waals surface area contributed by atoms with Gasteiger partial charge in [0, 0.05) is 19.4 Å². The normalized spacial score (nSPS) is 10.8. The molecular formula is C17H25NO4. The van der Waals surface area contributed by atoms with Crippen molar-refractivity contribution < 1.29 is 19.1 Å². The predicted octanol–water partition coefficient (Wildman–Crippen LogP) is 1.61. The number of hydrogen-bond acceptors (Lipinski definition) is 5. The van der Waals surface area contributed by atoms with Crippen LogP contribution in [0.4, 0.5) is 0 Å². The number of nitrogens with zero attached hydrogens (tertiary/aromatic N) is 1. The van der Waals surface area contributed by atoms with Gasteiger partial charge in [0.25, 0.3) is 0 Å². The number of likely N-dealkylation sites (N-methyl/N-ethyl adjacent to an activating group) is 1. The van der Waals surface area contributed by atoms with E-state index in [0.717, 1.165) is 0 Å². The van der Waals surface area contributed by atoms with Crippen molar-refractivity contribution in [2.75, 3.05) is 27.2 Å². The average Bonchev–Trinajstić information content (AvgIpc) is 2.45. The van der Waals surface area contributed by atoms with Crippen LogP contribution < -0.4 is 0 Å². The maximum absolute atomic E-state index is 11.7. The summed E-state index contributed by atoms with van der Waals surface area (Å²) < 4.78 is 10.4. The third-order valence-corrected chi connectivity index (χ3v) is 2.37. The lowest BCUT2D eigenvalue weighted by Gasteiger charge is -2.20. The maximum atomic E-state index is 11.7. The highest BCUT2D eigenvalue weighted by atomic mass is 16.6. The molecule has 0 saturated heterocycles. The van der Waals surface area contributed by atoms with Crippen LogP contribution in [0, 0.1) is 23.7 Å². The molecule has 0 aliphatic heterocycles. The molecule has 0 aromatic carbocycles. The fourth-order valence-corrected chi connectivity index (χ4v) is 1.52. The second kappa shape index (κ2) is 12.7. The molecule has 0 radical (unpaired) electrons. The van der Waals surface area contributed by atoms with E-state index >= 15 is 0 Å². The molecule has 122 valence electrons. The molecule has 22 heavy (non-hydrogen) atoms. The monoisotopic (exact) mass is 307 g/mol. The average molecular weight is 307 g/mol. The number of rotatable bonds is 7. The summed E-state index contributed by atoms with van der Waals surface area (Å²) >= 11 is 0. The van der Waals surface area contributed by atoms with Crippen LogP contribution in [0.3, 0.4) is 0 Å². The first-order chi connectivity index (χ1) is 10.5. The highest BCUT2D eigenvalue weighted by Gasteiger charge is 2.17. The summed E-state index contributed by atoms with van der Waals surface area (Å²) in [5, 5.41) is 0. The van der Waals surface area contributed by atoms with Crippen LogP contribution in [0.2, 0.25) is 0 Å². The van der Waals surface area contributed by atoms with Crippen LogP contribution in [0.5, 0.6) is 0 Å². The van der Waals surface area contributed by atoms with Crippen LogP contribution in [0.1, 0.15) is 39.5 Å². The van der Waals surface area contributed by atoms with Gasteiger partial charge in [0.05, 0.1) is 0 Å². The Morgan fingerprint density at radius 1 is 0.955 bits per heavy atom. The highest BCUT2D eigenvalue weighted by Crippen LogP contribution is 2.00. The predicted molar refractivity (Wildman–Crippen MR) is 84.8 cm³/mol. The Hall–Kier alpha value is -1.98. The Kier molecular flexibility index (Phi) is 11.6. The van der Waals surface area contributed by atoms with Crippen molar-refractivity contribution in [3.05, 3.63) is 0 Å². The molecule has 0 rings (SSSR count). The maximum Gasteiger partial charge on any atom is 0.318 e. The van der Waals surface area contributed by atoms with Crippen LogP contribution in [0.15, 0.2) is 0 Å². The van der Waals surface area contributed by atoms with Gasteiger partial charge >= 0.3 is 11.9 Å². The quantitative estimate of drug-likeness (QED) is 0.528. The lowest BCUT2D eigenvalue weighted by Crippen LogP contribution is -2.34. The number of carbonyl (C=O) groups is 2. The Morgan fingerprint density at radius 2 is 1.50 bits per heavy atom. The Bertz CT molecular complexity index is 463. The van der Waals surface area contributed by atoms with Crippen molar-refractivity contribution >= 4 is 11.9 Å². The highest BCUT2D eigenvalue weighted by molar-refractivity contribution is 5.73. The number of ether oxygens (including phenoxy) is 2. The molecule has 0 aliphatic carbocycles. The molecule has 1 atom stereocenters. The minimum absolute atomic E-state index is 0.0256. The van der Waals surface area contributed by atoms with E-state index in [4.69, 9.17) is 9.47 Å². The van der Waals surface area contributed by atoms with E-state index in [1.54, 1.807) is 0 Å². The van der Waals surface area contributed by atoms with E-state index < -0.39 is 18.0 Å².